The van der Waals surface area contributed by atoms with E-state index in [4.69, 9.17) is 5.73 Å². The summed E-state index contributed by atoms with van der Waals surface area (Å²) in [5.74, 6) is 0.0613. The topological polar surface area (TPSA) is 78.1 Å². The van der Waals surface area contributed by atoms with E-state index in [9.17, 15) is 4.79 Å². The van der Waals surface area contributed by atoms with E-state index in [1.807, 2.05) is 0 Å². The van der Waals surface area contributed by atoms with E-state index in [0.29, 0.717) is 12.2 Å². The van der Waals surface area contributed by atoms with Gasteiger partial charge in [-0.15, -0.1) is 0 Å². The van der Waals surface area contributed by atoms with Gasteiger partial charge < -0.3 is 10.5 Å². The van der Waals surface area contributed by atoms with Gasteiger partial charge in [-0.25, -0.2) is 9.97 Å². The van der Waals surface area contributed by atoms with Crippen LogP contribution in [0, 0.1) is 12.8 Å². The van der Waals surface area contributed by atoms with Crippen LogP contribution in [0.4, 0.5) is 0 Å². The normalized spacial score (nSPS) is 12.2. The Morgan fingerprint density at radius 3 is 2.93 bits per heavy atom. The Bertz CT molecular complexity index is 341. The minimum atomic E-state index is -0.329. The molecule has 15 heavy (non-hydrogen) atoms. The fourth-order valence-corrected chi connectivity index (χ4v) is 1.30. The number of methoxy groups -OCH3 is 1. The van der Waals surface area contributed by atoms with Crippen LogP contribution in [0.2, 0.25) is 0 Å². The second-order valence-electron chi connectivity index (χ2n) is 3.26. The molecule has 0 radical (unpaired) electrons. The SMILES string of the molecule is COC(=O)C(CN)Cc1ccnc(C)n1. The van der Waals surface area contributed by atoms with Gasteiger partial charge >= 0.3 is 5.97 Å². The highest BCUT2D eigenvalue weighted by atomic mass is 16.5. The number of hydrogen-bond donors (Lipinski definition) is 1. The largest absolute Gasteiger partial charge is 0.469 e. The first-order chi connectivity index (χ1) is 7.17. The highest BCUT2D eigenvalue weighted by Gasteiger charge is 2.18. The zero-order valence-electron chi connectivity index (χ0n) is 8.93. The molecule has 0 aromatic carbocycles. The van der Waals surface area contributed by atoms with E-state index in [-0.39, 0.29) is 18.4 Å². The molecular weight excluding hydrogens is 194 g/mol. The third kappa shape index (κ3) is 3.28. The third-order valence-corrected chi connectivity index (χ3v) is 2.11. The molecule has 0 spiro atoms. The molecule has 0 saturated carbocycles. The Labute approximate surface area is 88.7 Å². The number of nitrogens with two attached hydrogens (primary N) is 1. The molecule has 1 unspecified atom stereocenters. The molecule has 0 aliphatic carbocycles. The van der Waals surface area contributed by atoms with Crippen LogP contribution >= 0.6 is 0 Å². The number of ether oxygens (including phenoxy) is 1. The highest BCUT2D eigenvalue weighted by molar-refractivity contribution is 5.72. The van der Waals surface area contributed by atoms with Crippen LogP contribution in [0.5, 0.6) is 0 Å². The molecule has 5 heteroatoms. The highest BCUT2D eigenvalue weighted by Crippen LogP contribution is 2.06. The van der Waals surface area contributed by atoms with E-state index < -0.39 is 0 Å². The van der Waals surface area contributed by atoms with Gasteiger partial charge in [-0.3, -0.25) is 4.79 Å². The molecule has 1 atom stereocenters. The van der Waals surface area contributed by atoms with Gasteiger partial charge in [0.2, 0.25) is 0 Å². The summed E-state index contributed by atoms with van der Waals surface area (Å²) in [4.78, 5) is 19.5. The minimum Gasteiger partial charge on any atom is -0.469 e. The monoisotopic (exact) mass is 209 g/mol. The fourth-order valence-electron chi connectivity index (χ4n) is 1.30. The van der Waals surface area contributed by atoms with Gasteiger partial charge in [0.1, 0.15) is 5.82 Å². The van der Waals surface area contributed by atoms with E-state index >= 15 is 0 Å². The minimum absolute atomic E-state index is 0.260. The number of nitrogens with zero attached hydrogens (tertiary/aromatic N) is 2. The van der Waals surface area contributed by atoms with Gasteiger partial charge in [0.05, 0.1) is 13.0 Å². The lowest BCUT2D eigenvalue weighted by Gasteiger charge is -2.11. The zero-order chi connectivity index (χ0) is 11.3. The molecule has 82 valence electrons. The number of rotatable bonds is 4. The van der Waals surface area contributed by atoms with E-state index in [1.54, 1.807) is 19.2 Å². The lowest BCUT2D eigenvalue weighted by molar-refractivity contribution is -0.145. The smallest absolute Gasteiger partial charge is 0.310 e. The lowest BCUT2D eigenvalue weighted by atomic mass is 10.0. The number of esters is 1. The number of carbonyl (C=O) groups is 1. The quantitative estimate of drug-likeness (QED) is 0.710. The first-order valence-corrected chi connectivity index (χ1v) is 4.73. The summed E-state index contributed by atoms with van der Waals surface area (Å²) in [7, 11) is 1.36. The number of carbonyl (C=O) groups excluding carboxylic acids is 1. The van der Waals surface area contributed by atoms with Crippen molar-refractivity contribution < 1.29 is 9.53 Å². The van der Waals surface area contributed by atoms with Gasteiger partial charge in [0, 0.05) is 24.9 Å². The molecule has 0 aliphatic rings. The average Bonchev–Trinajstić information content (AvgIpc) is 2.25. The summed E-state index contributed by atoms with van der Waals surface area (Å²) in [5.41, 5.74) is 6.30. The van der Waals surface area contributed by atoms with Crippen molar-refractivity contribution in [3.8, 4) is 0 Å². The summed E-state index contributed by atoms with van der Waals surface area (Å²) >= 11 is 0. The zero-order valence-corrected chi connectivity index (χ0v) is 8.93. The first kappa shape index (κ1) is 11.6. The standard InChI is InChI=1S/C10H15N3O2/c1-7-12-4-3-9(13-7)5-8(6-11)10(14)15-2/h3-4,8H,5-6,11H2,1-2H3. The van der Waals surface area contributed by atoms with Crippen LogP contribution < -0.4 is 5.73 Å². The number of aromatic nitrogens is 2. The van der Waals surface area contributed by atoms with Crippen LogP contribution in [0.3, 0.4) is 0 Å². The average molecular weight is 209 g/mol. The summed E-state index contributed by atoms with van der Waals surface area (Å²) < 4.78 is 4.64. The number of aryl methyl sites for hydroxylation is 1. The van der Waals surface area contributed by atoms with Gasteiger partial charge in [0.15, 0.2) is 0 Å². The van der Waals surface area contributed by atoms with Crippen LogP contribution in [-0.4, -0.2) is 29.6 Å². The van der Waals surface area contributed by atoms with Crippen molar-refractivity contribution >= 4 is 5.97 Å². The van der Waals surface area contributed by atoms with Crippen molar-refractivity contribution in [2.75, 3.05) is 13.7 Å². The maximum atomic E-state index is 11.3. The van der Waals surface area contributed by atoms with E-state index in [1.165, 1.54) is 7.11 Å². The molecule has 2 N–H and O–H groups in total. The predicted molar refractivity (Wildman–Crippen MR) is 55.0 cm³/mol. The van der Waals surface area contributed by atoms with Gasteiger partial charge in [-0.2, -0.15) is 0 Å². The summed E-state index contributed by atoms with van der Waals surface area (Å²) in [6.07, 6.45) is 2.16. The number of hydrogen-bond acceptors (Lipinski definition) is 5. The molecule has 0 amide bonds. The van der Waals surface area contributed by atoms with Crippen molar-refractivity contribution in [2.24, 2.45) is 11.7 Å². The maximum absolute atomic E-state index is 11.3. The molecule has 0 bridgehead atoms. The van der Waals surface area contributed by atoms with Crippen LogP contribution in [0.1, 0.15) is 11.5 Å². The molecular formula is C10H15N3O2. The molecule has 0 fully saturated rings. The third-order valence-electron chi connectivity index (χ3n) is 2.11. The molecule has 1 rings (SSSR count). The lowest BCUT2D eigenvalue weighted by Crippen LogP contribution is -2.27. The molecule has 0 aliphatic heterocycles. The van der Waals surface area contributed by atoms with E-state index in [2.05, 4.69) is 14.7 Å². The predicted octanol–water partition coefficient (Wildman–Crippen LogP) is 0.0754. The van der Waals surface area contributed by atoms with Gasteiger partial charge in [-0.1, -0.05) is 0 Å². The summed E-state index contributed by atoms with van der Waals surface area (Å²) in [5, 5.41) is 0. The van der Waals surface area contributed by atoms with Crippen molar-refractivity contribution in [3.05, 3.63) is 23.8 Å². The van der Waals surface area contributed by atoms with Crippen molar-refractivity contribution in [1.29, 1.82) is 0 Å². The van der Waals surface area contributed by atoms with Crippen molar-refractivity contribution in [1.82, 2.24) is 9.97 Å². The summed E-state index contributed by atoms with van der Waals surface area (Å²) in [6.45, 7) is 2.06. The first-order valence-electron chi connectivity index (χ1n) is 4.73. The molecule has 1 aromatic rings. The fraction of sp³-hybridized carbons (Fsp3) is 0.500. The Morgan fingerprint density at radius 1 is 1.67 bits per heavy atom. The van der Waals surface area contributed by atoms with Crippen molar-refractivity contribution in [2.45, 2.75) is 13.3 Å². The molecule has 0 saturated heterocycles. The molecule has 5 nitrogen and oxygen atoms in total. The molecule has 1 aromatic heterocycles. The van der Waals surface area contributed by atoms with E-state index in [0.717, 1.165) is 5.69 Å². The second kappa shape index (κ2) is 5.41. The Kier molecular flexibility index (Phi) is 4.17. The summed E-state index contributed by atoms with van der Waals surface area (Å²) in [6, 6.07) is 1.78. The molecule has 1 heterocycles. The van der Waals surface area contributed by atoms with Crippen LogP contribution in [-0.2, 0) is 16.0 Å². The van der Waals surface area contributed by atoms with Crippen LogP contribution in [0.15, 0.2) is 12.3 Å². The van der Waals surface area contributed by atoms with Gasteiger partial charge in [0.25, 0.3) is 0 Å². The second-order valence-corrected chi connectivity index (χ2v) is 3.26. The van der Waals surface area contributed by atoms with Gasteiger partial charge in [-0.05, 0) is 13.0 Å². The Balaban J connectivity index is 2.70. The maximum Gasteiger partial charge on any atom is 0.310 e. The Hall–Kier alpha value is -1.49. The Morgan fingerprint density at radius 2 is 2.40 bits per heavy atom. The van der Waals surface area contributed by atoms with Crippen molar-refractivity contribution in [3.63, 3.8) is 0 Å². The van der Waals surface area contributed by atoms with Crippen LogP contribution in [0.25, 0.3) is 0 Å².